The number of aromatic amines is 1. The summed E-state index contributed by atoms with van der Waals surface area (Å²) in [6.45, 7) is 2.11. The number of imidazole rings is 1. The topological polar surface area (TPSA) is 66.0 Å². The molecule has 2 N–H and O–H groups in total. The number of carboxylic acids is 1. The van der Waals surface area contributed by atoms with Gasteiger partial charge in [-0.25, -0.2) is 9.78 Å². The van der Waals surface area contributed by atoms with Crippen molar-refractivity contribution in [3.8, 4) is 0 Å². The first-order valence-electron chi connectivity index (χ1n) is 4.54. The first-order valence-corrected chi connectivity index (χ1v) is 5.53. The molecular weight excluding hydrogens is 200 g/mol. The minimum absolute atomic E-state index is 0.0201. The van der Waals surface area contributed by atoms with E-state index in [4.69, 9.17) is 5.11 Å². The van der Waals surface area contributed by atoms with Crippen molar-refractivity contribution in [2.24, 2.45) is 0 Å². The highest BCUT2D eigenvalue weighted by atomic mass is 32.2. The van der Waals surface area contributed by atoms with Gasteiger partial charge in [-0.3, -0.25) is 0 Å². The predicted molar refractivity (Wildman–Crippen MR) is 54.6 cm³/mol. The lowest BCUT2D eigenvalue weighted by atomic mass is 10.1. The Balaban J connectivity index is 2.28. The molecule has 1 aliphatic rings. The van der Waals surface area contributed by atoms with Crippen molar-refractivity contribution in [3.05, 3.63) is 17.7 Å². The van der Waals surface area contributed by atoms with Crippen molar-refractivity contribution < 1.29 is 9.90 Å². The SMILES string of the molecule is CC1(c2ncc(C(=O)O)[nH]2)CCCS1. The first-order chi connectivity index (χ1) is 6.62. The van der Waals surface area contributed by atoms with Gasteiger partial charge in [-0.1, -0.05) is 0 Å². The summed E-state index contributed by atoms with van der Waals surface area (Å²) in [5.41, 5.74) is 0.175. The molecule has 0 spiro atoms. The van der Waals surface area contributed by atoms with Crippen LogP contribution in [0.4, 0.5) is 0 Å². The smallest absolute Gasteiger partial charge is 0.353 e. The third-order valence-corrected chi connectivity index (χ3v) is 4.05. The number of aromatic nitrogens is 2. The molecular formula is C9H12N2O2S. The molecule has 0 saturated carbocycles. The minimum Gasteiger partial charge on any atom is -0.477 e. The van der Waals surface area contributed by atoms with E-state index in [0.29, 0.717) is 0 Å². The predicted octanol–water partition coefficient (Wildman–Crippen LogP) is 1.85. The van der Waals surface area contributed by atoms with Gasteiger partial charge in [-0.15, -0.1) is 11.8 Å². The Bertz CT molecular complexity index is 355. The van der Waals surface area contributed by atoms with Gasteiger partial charge in [0.2, 0.25) is 0 Å². The fourth-order valence-electron chi connectivity index (χ4n) is 1.66. The molecule has 14 heavy (non-hydrogen) atoms. The maximum absolute atomic E-state index is 10.7. The van der Waals surface area contributed by atoms with Gasteiger partial charge < -0.3 is 10.1 Å². The molecule has 0 radical (unpaired) electrons. The van der Waals surface area contributed by atoms with Crippen LogP contribution in [0.25, 0.3) is 0 Å². The van der Waals surface area contributed by atoms with E-state index in [2.05, 4.69) is 16.9 Å². The molecule has 0 amide bonds. The maximum atomic E-state index is 10.7. The summed E-state index contributed by atoms with van der Waals surface area (Å²) < 4.78 is -0.0201. The summed E-state index contributed by atoms with van der Waals surface area (Å²) >= 11 is 1.84. The lowest BCUT2D eigenvalue weighted by Gasteiger charge is -2.19. The van der Waals surface area contributed by atoms with Crippen LogP contribution >= 0.6 is 11.8 Å². The van der Waals surface area contributed by atoms with Crippen molar-refractivity contribution in [1.29, 1.82) is 0 Å². The maximum Gasteiger partial charge on any atom is 0.353 e. The van der Waals surface area contributed by atoms with Gasteiger partial charge in [0.1, 0.15) is 11.5 Å². The van der Waals surface area contributed by atoms with Crippen LogP contribution in [0.2, 0.25) is 0 Å². The summed E-state index contributed by atoms with van der Waals surface area (Å²) in [5.74, 6) is 0.965. The molecule has 1 aromatic heterocycles. The third kappa shape index (κ3) is 1.52. The van der Waals surface area contributed by atoms with E-state index in [0.717, 1.165) is 18.0 Å². The summed E-state index contributed by atoms with van der Waals surface area (Å²) in [6.07, 6.45) is 3.62. The second-order valence-electron chi connectivity index (χ2n) is 3.63. The third-order valence-electron chi connectivity index (χ3n) is 2.53. The van der Waals surface area contributed by atoms with Gasteiger partial charge in [-0.05, 0) is 25.5 Å². The van der Waals surface area contributed by atoms with Crippen LogP contribution in [-0.4, -0.2) is 26.8 Å². The Morgan fingerprint density at radius 3 is 3.07 bits per heavy atom. The van der Waals surface area contributed by atoms with Crippen LogP contribution < -0.4 is 0 Å². The molecule has 1 aromatic rings. The summed E-state index contributed by atoms with van der Waals surface area (Å²) in [6, 6.07) is 0. The van der Waals surface area contributed by atoms with Crippen molar-refractivity contribution in [2.45, 2.75) is 24.5 Å². The van der Waals surface area contributed by atoms with Crippen molar-refractivity contribution in [3.63, 3.8) is 0 Å². The second-order valence-corrected chi connectivity index (χ2v) is 5.23. The van der Waals surface area contributed by atoms with Crippen molar-refractivity contribution in [2.75, 3.05) is 5.75 Å². The van der Waals surface area contributed by atoms with Gasteiger partial charge in [0.05, 0.1) is 10.9 Å². The van der Waals surface area contributed by atoms with E-state index < -0.39 is 5.97 Å². The number of nitrogens with one attached hydrogen (secondary N) is 1. The highest BCUT2D eigenvalue weighted by Crippen LogP contribution is 2.44. The zero-order valence-corrected chi connectivity index (χ0v) is 8.73. The zero-order chi connectivity index (χ0) is 10.2. The Kier molecular flexibility index (Phi) is 2.26. The molecule has 76 valence electrons. The molecule has 1 fully saturated rings. The largest absolute Gasteiger partial charge is 0.477 e. The van der Waals surface area contributed by atoms with Crippen LogP contribution in [0, 0.1) is 0 Å². The molecule has 5 heteroatoms. The van der Waals surface area contributed by atoms with Crippen LogP contribution in [-0.2, 0) is 4.75 Å². The number of carbonyl (C=O) groups is 1. The molecule has 0 aliphatic carbocycles. The number of hydrogen-bond acceptors (Lipinski definition) is 3. The molecule has 1 atom stereocenters. The Morgan fingerprint density at radius 1 is 1.79 bits per heavy atom. The quantitative estimate of drug-likeness (QED) is 0.785. The first kappa shape index (κ1) is 9.58. The van der Waals surface area contributed by atoms with E-state index >= 15 is 0 Å². The molecule has 1 unspecified atom stereocenters. The van der Waals surface area contributed by atoms with E-state index in [1.54, 1.807) is 0 Å². The number of hydrogen-bond donors (Lipinski definition) is 2. The number of thioether (sulfide) groups is 1. The van der Waals surface area contributed by atoms with E-state index in [9.17, 15) is 4.79 Å². The standard InChI is InChI=1S/C9H12N2O2S/c1-9(3-2-4-14-9)8-10-5-6(11-8)7(12)13/h5H,2-4H2,1H3,(H,10,11)(H,12,13). The highest BCUT2D eigenvalue weighted by Gasteiger charge is 2.34. The Hall–Kier alpha value is -0.970. The molecule has 4 nitrogen and oxygen atoms in total. The average molecular weight is 212 g/mol. The van der Waals surface area contributed by atoms with E-state index in [1.165, 1.54) is 12.6 Å². The number of H-pyrrole nitrogens is 1. The summed E-state index contributed by atoms with van der Waals surface area (Å²) in [4.78, 5) is 17.7. The van der Waals surface area contributed by atoms with Gasteiger partial charge in [0.25, 0.3) is 0 Å². The monoisotopic (exact) mass is 212 g/mol. The lowest BCUT2D eigenvalue weighted by molar-refractivity contribution is 0.0691. The Morgan fingerprint density at radius 2 is 2.57 bits per heavy atom. The highest BCUT2D eigenvalue weighted by molar-refractivity contribution is 8.00. The molecule has 0 aromatic carbocycles. The van der Waals surface area contributed by atoms with E-state index in [-0.39, 0.29) is 10.4 Å². The lowest BCUT2D eigenvalue weighted by Crippen LogP contribution is -2.15. The average Bonchev–Trinajstić information content (AvgIpc) is 2.71. The number of aromatic carboxylic acids is 1. The van der Waals surface area contributed by atoms with Crippen LogP contribution in [0.3, 0.4) is 0 Å². The summed E-state index contributed by atoms with van der Waals surface area (Å²) in [7, 11) is 0. The van der Waals surface area contributed by atoms with Crippen LogP contribution in [0.5, 0.6) is 0 Å². The van der Waals surface area contributed by atoms with Crippen LogP contribution in [0.15, 0.2) is 6.20 Å². The number of nitrogens with zero attached hydrogens (tertiary/aromatic N) is 1. The second kappa shape index (κ2) is 3.31. The van der Waals surface area contributed by atoms with Crippen LogP contribution in [0.1, 0.15) is 36.1 Å². The molecule has 1 saturated heterocycles. The minimum atomic E-state index is -0.949. The van der Waals surface area contributed by atoms with Gasteiger partial charge in [0.15, 0.2) is 0 Å². The molecule has 1 aliphatic heterocycles. The van der Waals surface area contributed by atoms with Gasteiger partial charge in [-0.2, -0.15) is 0 Å². The normalized spacial score (nSPS) is 26.6. The Labute approximate surface area is 86.1 Å². The zero-order valence-electron chi connectivity index (χ0n) is 7.91. The fourth-order valence-corrected chi connectivity index (χ4v) is 2.93. The molecule has 2 rings (SSSR count). The number of rotatable bonds is 2. The van der Waals surface area contributed by atoms with Gasteiger partial charge in [0, 0.05) is 0 Å². The molecule has 0 bridgehead atoms. The summed E-state index contributed by atoms with van der Waals surface area (Å²) in [5, 5.41) is 8.75. The molecule has 2 heterocycles. The van der Waals surface area contributed by atoms with Crippen molar-refractivity contribution >= 4 is 17.7 Å². The van der Waals surface area contributed by atoms with Crippen molar-refractivity contribution in [1.82, 2.24) is 9.97 Å². The van der Waals surface area contributed by atoms with E-state index in [1.807, 2.05) is 11.8 Å². The van der Waals surface area contributed by atoms with Gasteiger partial charge >= 0.3 is 5.97 Å². The fraction of sp³-hybridized carbons (Fsp3) is 0.556. The number of carboxylic acid groups (broad SMARTS) is 1.